The number of aromatic nitrogens is 1. The van der Waals surface area contributed by atoms with Crippen LogP contribution in [0.2, 0.25) is 0 Å². The molecule has 1 aromatic heterocycles. The highest BCUT2D eigenvalue weighted by Gasteiger charge is 2.27. The van der Waals surface area contributed by atoms with Gasteiger partial charge in [0, 0.05) is 31.5 Å². The molecule has 0 bridgehead atoms. The van der Waals surface area contributed by atoms with Crippen LogP contribution in [-0.4, -0.2) is 41.7 Å². The Hall–Kier alpha value is -2.43. The van der Waals surface area contributed by atoms with Crippen molar-refractivity contribution in [2.45, 2.75) is 31.9 Å². The molecule has 3 rings (SSSR count). The fourth-order valence-electron chi connectivity index (χ4n) is 3.14. The quantitative estimate of drug-likeness (QED) is 0.847. The van der Waals surface area contributed by atoms with Gasteiger partial charge in [-0.25, -0.2) is 0 Å². The number of ether oxygens (including phenoxy) is 2. The van der Waals surface area contributed by atoms with Gasteiger partial charge >= 0.3 is 0 Å². The van der Waals surface area contributed by atoms with E-state index < -0.39 is 6.10 Å². The molecule has 0 aliphatic carbocycles. The molecule has 5 nitrogen and oxygen atoms in total. The summed E-state index contributed by atoms with van der Waals surface area (Å²) in [4.78, 5) is 14.5. The van der Waals surface area contributed by atoms with Crippen molar-refractivity contribution in [1.29, 1.82) is 0 Å². The standard InChI is InChI=1S/C19H24N2O3/c1-15(24-18-7-5-17(23-2)6-8-18)19(22)21-13-9-16(10-14-21)20-11-3-4-12-20/h3-8,11-12,15-16H,9-10,13-14H2,1-2H3/t15-/m0/s1. The first-order valence-corrected chi connectivity index (χ1v) is 8.39. The second-order valence-corrected chi connectivity index (χ2v) is 6.12. The third-order valence-electron chi connectivity index (χ3n) is 4.55. The van der Waals surface area contributed by atoms with E-state index in [9.17, 15) is 4.79 Å². The van der Waals surface area contributed by atoms with Crippen molar-refractivity contribution < 1.29 is 14.3 Å². The fraction of sp³-hybridized carbons (Fsp3) is 0.421. The molecular formula is C19H24N2O3. The molecule has 1 saturated heterocycles. The molecule has 1 amide bonds. The topological polar surface area (TPSA) is 43.7 Å². The molecule has 5 heteroatoms. The van der Waals surface area contributed by atoms with Crippen LogP contribution in [0.15, 0.2) is 48.8 Å². The first-order chi connectivity index (χ1) is 11.7. The van der Waals surface area contributed by atoms with Crippen molar-refractivity contribution in [3.8, 4) is 11.5 Å². The number of amides is 1. The lowest BCUT2D eigenvalue weighted by molar-refractivity contribution is -0.139. The Morgan fingerprint density at radius 3 is 2.25 bits per heavy atom. The molecular weight excluding hydrogens is 304 g/mol. The lowest BCUT2D eigenvalue weighted by Gasteiger charge is -2.34. The summed E-state index contributed by atoms with van der Waals surface area (Å²) in [6.07, 6.45) is 5.67. The van der Waals surface area contributed by atoms with Crippen molar-refractivity contribution in [2.75, 3.05) is 20.2 Å². The molecule has 0 radical (unpaired) electrons. The number of carbonyl (C=O) groups is 1. The van der Waals surface area contributed by atoms with Crippen molar-refractivity contribution >= 4 is 5.91 Å². The van der Waals surface area contributed by atoms with Crippen LogP contribution in [-0.2, 0) is 4.79 Å². The second-order valence-electron chi connectivity index (χ2n) is 6.12. The molecule has 1 aliphatic heterocycles. The molecule has 1 atom stereocenters. The molecule has 128 valence electrons. The molecule has 0 N–H and O–H groups in total. The number of benzene rings is 1. The SMILES string of the molecule is COc1ccc(O[C@@H](C)C(=O)N2CCC(n3cccc3)CC2)cc1. The molecule has 24 heavy (non-hydrogen) atoms. The zero-order chi connectivity index (χ0) is 16.9. The van der Waals surface area contributed by atoms with Crippen molar-refractivity contribution in [3.05, 3.63) is 48.8 Å². The Morgan fingerprint density at radius 2 is 1.67 bits per heavy atom. The lowest BCUT2D eigenvalue weighted by Crippen LogP contribution is -2.45. The van der Waals surface area contributed by atoms with Gasteiger partial charge < -0.3 is 18.9 Å². The number of carbonyl (C=O) groups excluding carboxylic acids is 1. The predicted octanol–water partition coefficient (Wildman–Crippen LogP) is 3.13. The molecule has 0 unspecified atom stereocenters. The number of hydrogen-bond donors (Lipinski definition) is 0. The van der Waals surface area contributed by atoms with Gasteiger partial charge in [0.25, 0.3) is 5.91 Å². The van der Waals surface area contributed by atoms with E-state index in [0.29, 0.717) is 11.8 Å². The molecule has 1 fully saturated rings. The smallest absolute Gasteiger partial charge is 0.263 e. The van der Waals surface area contributed by atoms with Gasteiger partial charge in [0.15, 0.2) is 6.10 Å². The van der Waals surface area contributed by atoms with E-state index in [0.717, 1.165) is 31.7 Å². The monoisotopic (exact) mass is 328 g/mol. The van der Waals surface area contributed by atoms with Crippen LogP contribution < -0.4 is 9.47 Å². The summed E-state index contributed by atoms with van der Waals surface area (Å²) >= 11 is 0. The van der Waals surface area contributed by atoms with Crippen LogP contribution in [0.5, 0.6) is 11.5 Å². The van der Waals surface area contributed by atoms with Crippen LogP contribution in [0.25, 0.3) is 0 Å². The lowest BCUT2D eigenvalue weighted by atomic mass is 10.0. The van der Waals surface area contributed by atoms with Crippen molar-refractivity contribution in [2.24, 2.45) is 0 Å². The van der Waals surface area contributed by atoms with Crippen LogP contribution in [0.4, 0.5) is 0 Å². The summed E-state index contributed by atoms with van der Waals surface area (Å²) in [5.41, 5.74) is 0. The molecule has 2 heterocycles. The highest BCUT2D eigenvalue weighted by atomic mass is 16.5. The molecule has 1 aromatic carbocycles. The van der Waals surface area contributed by atoms with Gasteiger partial charge in [0.1, 0.15) is 11.5 Å². The number of piperidine rings is 1. The third kappa shape index (κ3) is 3.72. The Labute approximate surface area is 142 Å². The van der Waals surface area contributed by atoms with Crippen LogP contribution in [0, 0.1) is 0 Å². The molecule has 1 aliphatic rings. The van der Waals surface area contributed by atoms with E-state index in [1.807, 2.05) is 48.2 Å². The minimum absolute atomic E-state index is 0.0526. The van der Waals surface area contributed by atoms with Gasteiger partial charge in [-0.2, -0.15) is 0 Å². The van der Waals surface area contributed by atoms with Crippen molar-refractivity contribution in [1.82, 2.24) is 9.47 Å². The summed E-state index contributed by atoms with van der Waals surface area (Å²) in [5.74, 6) is 1.50. The van der Waals surface area contributed by atoms with E-state index in [-0.39, 0.29) is 5.91 Å². The average Bonchev–Trinajstić information content (AvgIpc) is 3.16. The van der Waals surface area contributed by atoms with Crippen molar-refractivity contribution in [3.63, 3.8) is 0 Å². The number of rotatable bonds is 5. The summed E-state index contributed by atoms with van der Waals surface area (Å²) in [6.45, 7) is 3.36. The Balaban J connectivity index is 1.52. The van der Waals surface area contributed by atoms with Gasteiger partial charge in [0.05, 0.1) is 7.11 Å². The third-order valence-corrected chi connectivity index (χ3v) is 4.55. The normalized spacial score (nSPS) is 16.7. The van der Waals surface area contributed by atoms with E-state index in [1.54, 1.807) is 7.11 Å². The minimum atomic E-state index is -0.485. The van der Waals surface area contributed by atoms with Gasteiger partial charge in [-0.05, 0) is 56.2 Å². The Bertz CT molecular complexity index is 644. The molecule has 0 spiro atoms. The van der Waals surface area contributed by atoms with Gasteiger partial charge in [-0.15, -0.1) is 0 Å². The first-order valence-electron chi connectivity index (χ1n) is 8.39. The predicted molar refractivity (Wildman–Crippen MR) is 92.4 cm³/mol. The van der Waals surface area contributed by atoms with Crippen LogP contribution in [0.3, 0.4) is 0 Å². The first kappa shape index (κ1) is 16.4. The summed E-state index contributed by atoms with van der Waals surface area (Å²) < 4.78 is 13.1. The average molecular weight is 328 g/mol. The van der Waals surface area contributed by atoms with E-state index >= 15 is 0 Å². The van der Waals surface area contributed by atoms with Gasteiger partial charge in [-0.3, -0.25) is 4.79 Å². The second kappa shape index (κ2) is 7.43. The summed E-state index contributed by atoms with van der Waals surface area (Å²) in [6, 6.07) is 11.9. The number of nitrogens with zero attached hydrogens (tertiary/aromatic N) is 2. The largest absolute Gasteiger partial charge is 0.497 e. The zero-order valence-corrected chi connectivity index (χ0v) is 14.2. The minimum Gasteiger partial charge on any atom is -0.497 e. The number of likely N-dealkylation sites (tertiary alicyclic amines) is 1. The number of methoxy groups -OCH3 is 1. The molecule has 0 saturated carbocycles. The summed E-state index contributed by atoms with van der Waals surface area (Å²) in [5, 5.41) is 0. The van der Waals surface area contributed by atoms with Crippen LogP contribution >= 0.6 is 0 Å². The Kier molecular flexibility index (Phi) is 5.08. The molecule has 2 aromatic rings. The van der Waals surface area contributed by atoms with Crippen LogP contribution in [0.1, 0.15) is 25.8 Å². The maximum atomic E-state index is 12.6. The zero-order valence-electron chi connectivity index (χ0n) is 14.2. The maximum absolute atomic E-state index is 12.6. The number of hydrogen-bond acceptors (Lipinski definition) is 3. The Morgan fingerprint density at radius 1 is 1.08 bits per heavy atom. The summed E-state index contributed by atoms with van der Waals surface area (Å²) in [7, 11) is 1.62. The van der Waals surface area contributed by atoms with Gasteiger partial charge in [0.2, 0.25) is 0 Å². The maximum Gasteiger partial charge on any atom is 0.263 e. The van der Waals surface area contributed by atoms with Gasteiger partial charge in [-0.1, -0.05) is 0 Å². The fourth-order valence-corrected chi connectivity index (χ4v) is 3.14. The highest BCUT2D eigenvalue weighted by Crippen LogP contribution is 2.24. The highest BCUT2D eigenvalue weighted by molar-refractivity contribution is 5.81. The van der Waals surface area contributed by atoms with E-state index in [2.05, 4.69) is 17.0 Å². The van der Waals surface area contributed by atoms with E-state index in [4.69, 9.17) is 9.47 Å². The van der Waals surface area contributed by atoms with E-state index in [1.165, 1.54) is 0 Å².